The third kappa shape index (κ3) is 2.68. The van der Waals surface area contributed by atoms with Gasteiger partial charge in [-0.3, -0.25) is 0 Å². The molecule has 3 aromatic rings. The van der Waals surface area contributed by atoms with Gasteiger partial charge in [0.05, 0.1) is 0 Å². The lowest BCUT2D eigenvalue weighted by molar-refractivity contribution is 0.475. The lowest BCUT2D eigenvalue weighted by Crippen LogP contribution is -1.85. The number of hydrogen-bond donors (Lipinski definition) is 1. The van der Waals surface area contributed by atoms with Crippen LogP contribution in [-0.4, -0.2) is 11.3 Å². The molecule has 2 nitrogen and oxygen atoms in total. The number of hydrogen-bond acceptors (Lipinski definition) is 3. The fraction of sp³-hybridized carbons (Fsp3) is 0. The molecule has 0 saturated carbocycles. The van der Waals surface area contributed by atoms with Gasteiger partial charge in [-0.2, -0.15) is 0 Å². The van der Waals surface area contributed by atoms with E-state index in [-0.39, 0.29) is 5.75 Å². The molecule has 3 rings (SSSR count). The van der Waals surface area contributed by atoms with Gasteiger partial charge in [0.15, 0.2) is 0 Å². The van der Waals surface area contributed by atoms with Crippen LogP contribution < -0.4 is 0 Å². The summed E-state index contributed by atoms with van der Waals surface area (Å²) < 4.78 is 4.35. The van der Waals surface area contributed by atoms with Crippen LogP contribution >= 0.6 is 11.9 Å². The Balaban J connectivity index is 1.92. The minimum Gasteiger partial charge on any atom is -0.507 e. The molecule has 98 valence electrons. The zero-order valence-electron chi connectivity index (χ0n) is 10.7. The van der Waals surface area contributed by atoms with Crippen LogP contribution in [0.25, 0.3) is 10.8 Å². The summed E-state index contributed by atoms with van der Waals surface area (Å²) in [5.74, 6) is 0.251. The Labute approximate surface area is 121 Å². The van der Waals surface area contributed by atoms with Crippen LogP contribution in [0.3, 0.4) is 0 Å². The van der Waals surface area contributed by atoms with Gasteiger partial charge < -0.3 is 5.11 Å². The van der Waals surface area contributed by atoms with Crippen molar-refractivity contribution in [1.82, 2.24) is 0 Å². The van der Waals surface area contributed by atoms with Crippen molar-refractivity contribution in [3.8, 4) is 5.75 Å². The van der Waals surface area contributed by atoms with Crippen LogP contribution in [0.2, 0.25) is 0 Å². The highest BCUT2D eigenvalue weighted by Crippen LogP contribution is 2.26. The van der Waals surface area contributed by atoms with Gasteiger partial charge in [-0.15, -0.1) is 0 Å². The number of aromatic hydroxyl groups is 1. The third-order valence-electron chi connectivity index (χ3n) is 3.03. The molecule has 3 heteroatoms. The molecule has 0 radical (unpaired) electrons. The Bertz CT molecular complexity index is 753. The van der Waals surface area contributed by atoms with Crippen molar-refractivity contribution in [2.75, 3.05) is 0 Å². The lowest BCUT2D eigenvalue weighted by Gasteiger charge is -2.04. The van der Waals surface area contributed by atoms with Gasteiger partial charge in [0.25, 0.3) is 0 Å². The molecule has 0 aliphatic carbocycles. The van der Waals surface area contributed by atoms with Gasteiger partial charge in [0.2, 0.25) is 0 Å². The number of phenolic OH excluding ortho intramolecular Hbond substituents is 1. The Morgan fingerprint density at radius 1 is 0.850 bits per heavy atom. The van der Waals surface area contributed by atoms with Crippen LogP contribution in [0, 0.1) is 0 Å². The molecule has 0 fully saturated rings. The Morgan fingerprint density at radius 3 is 2.45 bits per heavy atom. The maximum Gasteiger partial charge on any atom is 0.125 e. The summed E-state index contributed by atoms with van der Waals surface area (Å²) in [5.41, 5.74) is 0.756. The van der Waals surface area contributed by atoms with Gasteiger partial charge in [0, 0.05) is 28.6 Å². The van der Waals surface area contributed by atoms with Crippen LogP contribution in [0.4, 0.5) is 0 Å². The van der Waals surface area contributed by atoms with Crippen molar-refractivity contribution in [3.63, 3.8) is 0 Å². The van der Waals surface area contributed by atoms with Crippen molar-refractivity contribution >= 4 is 28.9 Å². The number of fused-ring (bicyclic) bond motifs is 1. The molecule has 0 aliphatic heterocycles. The second-order valence-electron chi connectivity index (χ2n) is 4.36. The third-order valence-corrected chi connectivity index (χ3v) is 3.72. The molecule has 3 aromatic carbocycles. The van der Waals surface area contributed by atoms with E-state index in [9.17, 15) is 5.11 Å². The lowest BCUT2D eigenvalue weighted by atomic mass is 10.0. The van der Waals surface area contributed by atoms with E-state index in [2.05, 4.69) is 4.40 Å². The highest BCUT2D eigenvalue weighted by atomic mass is 32.2. The molecule has 0 spiro atoms. The zero-order valence-corrected chi connectivity index (χ0v) is 11.5. The summed E-state index contributed by atoms with van der Waals surface area (Å²) in [5, 5.41) is 12.1. The van der Waals surface area contributed by atoms with Crippen LogP contribution in [0.5, 0.6) is 5.75 Å². The Kier molecular flexibility index (Phi) is 3.70. The maximum absolute atomic E-state index is 10.0. The predicted molar refractivity (Wildman–Crippen MR) is 85.5 cm³/mol. The normalized spacial score (nSPS) is 11.2. The highest BCUT2D eigenvalue weighted by Gasteiger charge is 2.03. The molecule has 0 heterocycles. The van der Waals surface area contributed by atoms with Crippen LogP contribution in [-0.2, 0) is 0 Å². The van der Waals surface area contributed by atoms with Gasteiger partial charge in [0.1, 0.15) is 5.75 Å². The maximum atomic E-state index is 10.0. The van der Waals surface area contributed by atoms with E-state index in [4.69, 9.17) is 0 Å². The molecule has 0 aromatic heterocycles. The quantitative estimate of drug-likeness (QED) is 0.558. The molecule has 0 aliphatic rings. The van der Waals surface area contributed by atoms with E-state index in [1.807, 2.05) is 60.7 Å². The van der Waals surface area contributed by atoms with Crippen LogP contribution in [0.1, 0.15) is 5.56 Å². The van der Waals surface area contributed by atoms with Crippen LogP contribution in [0.15, 0.2) is 76.0 Å². The van der Waals surface area contributed by atoms with E-state index in [1.54, 1.807) is 12.3 Å². The molecule has 0 amide bonds. The van der Waals surface area contributed by atoms with Gasteiger partial charge >= 0.3 is 0 Å². The molecular formula is C17H13NOS. The van der Waals surface area contributed by atoms with E-state index in [0.717, 1.165) is 21.2 Å². The summed E-state index contributed by atoms with van der Waals surface area (Å²) in [6, 6.07) is 21.5. The standard InChI is InChI=1S/C17H13NOS/c19-17-11-10-13-6-4-5-9-15(13)16(17)12-18-20-14-7-2-1-3-8-14/h1-12,19H/b18-12-. The number of nitrogens with zero attached hydrogens (tertiary/aromatic N) is 1. The fourth-order valence-electron chi connectivity index (χ4n) is 2.04. The molecule has 0 atom stereocenters. The van der Waals surface area contributed by atoms with Gasteiger partial charge in [-0.05, 0) is 29.0 Å². The topological polar surface area (TPSA) is 32.6 Å². The summed E-state index contributed by atoms with van der Waals surface area (Å²) in [6.45, 7) is 0. The van der Waals surface area contributed by atoms with Crippen molar-refractivity contribution in [1.29, 1.82) is 0 Å². The Morgan fingerprint density at radius 2 is 1.60 bits per heavy atom. The van der Waals surface area contributed by atoms with Crippen molar-refractivity contribution < 1.29 is 5.11 Å². The molecular weight excluding hydrogens is 266 g/mol. The minimum absolute atomic E-state index is 0.251. The first-order valence-corrected chi connectivity index (χ1v) is 7.08. The molecule has 0 unspecified atom stereocenters. The average molecular weight is 279 g/mol. The summed E-state index contributed by atoms with van der Waals surface area (Å²) in [7, 11) is 0. The zero-order chi connectivity index (χ0) is 13.8. The second-order valence-corrected chi connectivity index (χ2v) is 5.22. The van der Waals surface area contributed by atoms with Crippen molar-refractivity contribution in [3.05, 3.63) is 72.3 Å². The average Bonchev–Trinajstić information content (AvgIpc) is 2.50. The van der Waals surface area contributed by atoms with E-state index in [0.29, 0.717) is 0 Å². The molecule has 20 heavy (non-hydrogen) atoms. The van der Waals surface area contributed by atoms with Gasteiger partial charge in [-0.1, -0.05) is 48.5 Å². The summed E-state index contributed by atoms with van der Waals surface area (Å²) in [4.78, 5) is 1.07. The van der Waals surface area contributed by atoms with E-state index >= 15 is 0 Å². The predicted octanol–water partition coefficient (Wildman–Crippen LogP) is 4.67. The number of benzene rings is 3. The first kappa shape index (κ1) is 12.8. The Hall–Kier alpha value is -2.26. The van der Waals surface area contributed by atoms with E-state index in [1.165, 1.54) is 11.9 Å². The van der Waals surface area contributed by atoms with Crippen molar-refractivity contribution in [2.24, 2.45) is 4.40 Å². The molecule has 0 bridgehead atoms. The monoisotopic (exact) mass is 279 g/mol. The minimum atomic E-state index is 0.251. The number of phenols is 1. The van der Waals surface area contributed by atoms with E-state index < -0.39 is 0 Å². The summed E-state index contributed by atoms with van der Waals surface area (Å²) >= 11 is 1.39. The summed E-state index contributed by atoms with van der Waals surface area (Å²) in [6.07, 6.45) is 1.72. The SMILES string of the molecule is Oc1ccc2ccccc2c1/C=N\Sc1ccccc1. The fourth-order valence-corrected chi connectivity index (χ4v) is 2.60. The van der Waals surface area contributed by atoms with Gasteiger partial charge in [-0.25, -0.2) is 4.40 Å². The second kappa shape index (κ2) is 5.80. The largest absolute Gasteiger partial charge is 0.507 e. The first-order valence-electron chi connectivity index (χ1n) is 6.31. The highest BCUT2D eigenvalue weighted by molar-refractivity contribution is 7.98. The van der Waals surface area contributed by atoms with Crippen molar-refractivity contribution in [2.45, 2.75) is 4.90 Å². The number of rotatable bonds is 3. The molecule has 0 saturated heterocycles. The first-order chi connectivity index (χ1) is 9.84. The molecule has 1 N–H and O–H groups in total. The smallest absolute Gasteiger partial charge is 0.125 e.